The Balaban J connectivity index is 3.55. The van der Waals surface area contributed by atoms with Gasteiger partial charge < -0.3 is 4.74 Å². The van der Waals surface area contributed by atoms with Gasteiger partial charge in [-0.1, -0.05) is 0 Å². The highest BCUT2D eigenvalue weighted by Crippen LogP contribution is 2.38. The van der Waals surface area contributed by atoms with Gasteiger partial charge in [0, 0.05) is 0 Å². The predicted molar refractivity (Wildman–Crippen MR) is 52.4 cm³/mol. The number of carbonyl (C=O) groups is 1. The molecule has 0 saturated carbocycles. The molecule has 1 aromatic carbocycles. The molecule has 0 heterocycles. The molecule has 112 valence electrons. The van der Waals surface area contributed by atoms with Crippen molar-refractivity contribution in [1.82, 2.24) is 0 Å². The first-order chi connectivity index (χ1) is 8.98. The smallest absolute Gasteiger partial charge is 0.419 e. The van der Waals surface area contributed by atoms with Gasteiger partial charge in [0.05, 0.1) is 23.3 Å². The van der Waals surface area contributed by atoms with Crippen LogP contribution in [0.3, 0.4) is 0 Å². The standard InChI is InChI=1S/C11H7F7O2/c1-2-20-9(19)6-3-5(10(13,14)15)4-7(8(6)12)11(16,17)18/h3-4H,2H2,1H3. The quantitative estimate of drug-likeness (QED) is 0.609. The average molecular weight is 304 g/mol. The molecule has 0 aliphatic carbocycles. The van der Waals surface area contributed by atoms with Crippen LogP contribution in [0.25, 0.3) is 0 Å². The van der Waals surface area contributed by atoms with Crippen LogP contribution in [0.15, 0.2) is 12.1 Å². The van der Waals surface area contributed by atoms with Crippen molar-refractivity contribution in [2.24, 2.45) is 0 Å². The van der Waals surface area contributed by atoms with Gasteiger partial charge in [-0.2, -0.15) is 26.3 Å². The topological polar surface area (TPSA) is 26.3 Å². The molecule has 0 radical (unpaired) electrons. The summed E-state index contributed by atoms with van der Waals surface area (Å²) in [5, 5.41) is 0. The molecular formula is C11H7F7O2. The number of hydrogen-bond donors (Lipinski definition) is 0. The van der Waals surface area contributed by atoms with Gasteiger partial charge in [-0.25, -0.2) is 9.18 Å². The molecule has 0 bridgehead atoms. The Hall–Kier alpha value is -1.80. The highest BCUT2D eigenvalue weighted by Gasteiger charge is 2.41. The molecule has 9 heteroatoms. The Labute approximate surface area is 108 Å². The van der Waals surface area contributed by atoms with Crippen molar-refractivity contribution < 1.29 is 40.3 Å². The van der Waals surface area contributed by atoms with Gasteiger partial charge in [0.1, 0.15) is 5.82 Å². The van der Waals surface area contributed by atoms with Crippen LogP contribution in [0, 0.1) is 5.82 Å². The fourth-order valence-corrected chi connectivity index (χ4v) is 1.35. The van der Waals surface area contributed by atoms with Crippen molar-refractivity contribution in [3.63, 3.8) is 0 Å². The molecule has 1 aromatic rings. The Kier molecular flexibility index (Phi) is 4.30. The van der Waals surface area contributed by atoms with Gasteiger partial charge in [-0.05, 0) is 19.1 Å². The predicted octanol–water partition coefficient (Wildman–Crippen LogP) is 4.04. The SMILES string of the molecule is CCOC(=O)c1cc(C(F)(F)F)cc(C(F)(F)F)c1F. The second-order valence-electron chi connectivity index (χ2n) is 3.60. The Morgan fingerprint density at radius 3 is 2.05 bits per heavy atom. The van der Waals surface area contributed by atoms with E-state index in [2.05, 4.69) is 4.74 Å². The lowest BCUT2D eigenvalue weighted by molar-refractivity contribution is -0.144. The normalized spacial score (nSPS) is 12.4. The molecule has 0 aliphatic heterocycles. The lowest BCUT2D eigenvalue weighted by atomic mass is 10.0. The van der Waals surface area contributed by atoms with Crippen molar-refractivity contribution in [2.75, 3.05) is 6.61 Å². The van der Waals surface area contributed by atoms with E-state index in [1.165, 1.54) is 6.92 Å². The van der Waals surface area contributed by atoms with E-state index >= 15 is 0 Å². The fraction of sp³-hybridized carbons (Fsp3) is 0.364. The van der Waals surface area contributed by atoms with Gasteiger partial charge in [0.15, 0.2) is 0 Å². The molecule has 0 atom stereocenters. The molecule has 0 saturated heterocycles. The zero-order valence-electron chi connectivity index (χ0n) is 9.82. The zero-order chi connectivity index (χ0) is 15.7. The Morgan fingerprint density at radius 1 is 1.10 bits per heavy atom. The summed E-state index contributed by atoms with van der Waals surface area (Å²) < 4.78 is 92.6. The summed E-state index contributed by atoms with van der Waals surface area (Å²) in [5.41, 5.74) is -5.36. The fourth-order valence-electron chi connectivity index (χ4n) is 1.35. The van der Waals surface area contributed by atoms with Crippen molar-refractivity contribution in [3.05, 3.63) is 34.6 Å². The summed E-state index contributed by atoms with van der Waals surface area (Å²) in [6.45, 7) is 0.948. The third-order valence-electron chi connectivity index (χ3n) is 2.20. The molecule has 0 unspecified atom stereocenters. The number of hydrogen-bond acceptors (Lipinski definition) is 2. The second kappa shape index (κ2) is 5.29. The second-order valence-corrected chi connectivity index (χ2v) is 3.60. The first kappa shape index (κ1) is 16.3. The van der Waals surface area contributed by atoms with Crippen molar-refractivity contribution >= 4 is 5.97 Å². The summed E-state index contributed by atoms with van der Waals surface area (Å²) in [6, 6.07) is -0.402. The number of ether oxygens (including phenoxy) is 1. The maximum absolute atomic E-state index is 13.5. The third-order valence-corrected chi connectivity index (χ3v) is 2.20. The Morgan fingerprint density at radius 2 is 1.65 bits per heavy atom. The lowest BCUT2D eigenvalue weighted by Gasteiger charge is -2.15. The molecule has 0 spiro atoms. The molecule has 1 rings (SSSR count). The monoisotopic (exact) mass is 304 g/mol. The lowest BCUT2D eigenvalue weighted by Crippen LogP contribution is -2.18. The molecule has 0 amide bonds. The van der Waals surface area contributed by atoms with E-state index in [0.717, 1.165) is 0 Å². The van der Waals surface area contributed by atoms with E-state index in [0.29, 0.717) is 0 Å². The van der Waals surface area contributed by atoms with Crippen LogP contribution < -0.4 is 0 Å². The molecule has 0 N–H and O–H groups in total. The van der Waals surface area contributed by atoms with E-state index < -0.39 is 46.9 Å². The highest BCUT2D eigenvalue weighted by atomic mass is 19.4. The summed E-state index contributed by atoms with van der Waals surface area (Å²) in [4.78, 5) is 11.2. The van der Waals surface area contributed by atoms with Gasteiger partial charge in [0.2, 0.25) is 0 Å². The van der Waals surface area contributed by atoms with Crippen LogP contribution in [0.1, 0.15) is 28.4 Å². The van der Waals surface area contributed by atoms with E-state index in [9.17, 15) is 35.5 Å². The molecule has 2 nitrogen and oxygen atoms in total. The molecule has 0 aromatic heterocycles. The van der Waals surface area contributed by atoms with Gasteiger partial charge in [-0.15, -0.1) is 0 Å². The molecule has 0 aliphatic rings. The van der Waals surface area contributed by atoms with Gasteiger partial charge in [-0.3, -0.25) is 0 Å². The van der Waals surface area contributed by atoms with Crippen LogP contribution in [0.5, 0.6) is 0 Å². The van der Waals surface area contributed by atoms with Crippen molar-refractivity contribution in [3.8, 4) is 0 Å². The summed E-state index contributed by atoms with van der Waals surface area (Å²) in [6.07, 6.45) is -10.5. The molecular weight excluding hydrogens is 297 g/mol. The van der Waals surface area contributed by atoms with E-state index in [1.54, 1.807) is 0 Å². The van der Waals surface area contributed by atoms with E-state index in [-0.39, 0.29) is 12.7 Å². The summed E-state index contributed by atoms with van der Waals surface area (Å²) >= 11 is 0. The van der Waals surface area contributed by atoms with Crippen molar-refractivity contribution in [2.45, 2.75) is 19.3 Å². The van der Waals surface area contributed by atoms with Gasteiger partial charge >= 0.3 is 18.3 Å². The summed E-state index contributed by atoms with van der Waals surface area (Å²) in [5.74, 6) is -3.69. The minimum atomic E-state index is -5.37. The minimum Gasteiger partial charge on any atom is -0.462 e. The minimum absolute atomic E-state index is 0.0113. The Bertz CT molecular complexity index is 517. The van der Waals surface area contributed by atoms with E-state index in [4.69, 9.17) is 0 Å². The first-order valence-corrected chi connectivity index (χ1v) is 5.13. The highest BCUT2D eigenvalue weighted by molar-refractivity contribution is 5.90. The van der Waals surface area contributed by atoms with Crippen LogP contribution in [0.2, 0.25) is 0 Å². The number of benzene rings is 1. The van der Waals surface area contributed by atoms with Gasteiger partial charge in [0.25, 0.3) is 0 Å². The number of carbonyl (C=O) groups excluding carboxylic acids is 1. The van der Waals surface area contributed by atoms with Crippen LogP contribution in [-0.2, 0) is 17.1 Å². The zero-order valence-corrected chi connectivity index (χ0v) is 9.82. The number of alkyl halides is 6. The van der Waals surface area contributed by atoms with E-state index in [1.807, 2.05) is 0 Å². The number of esters is 1. The third kappa shape index (κ3) is 3.40. The molecule has 20 heavy (non-hydrogen) atoms. The van der Waals surface area contributed by atoms with Crippen molar-refractivity contribution in [1.29, 1.82) is 0 Å². The number of rotatable bonds is 2. The maximum Gasteiger partial charge on any atom is 0.419 e. The summed E-state index contributed by atoms with van der Waals surface area (Å²) in [7, 11) is 0. The molecule has 0 fully saturated rings. The number of halogens is 7. The van der Waals surface area contributed by atoms with Crippen LogP contribution in [0.4, 0.5) is 30.7 Å². The van der Waals surface area contributed by atoms with Crippen LogP contribution >= 0.6 is 0 Å². The largest absolute Gasteiger partial charge is 0.462 e. The van der Waals surface area contributed by atoms with Crippen LogP contribution in [-0.4, -0.2) is 12.6 Å². The first-order valence-electron chi connectivity index (χ1n) is 5.13. The maximum atomic E-state index is 13.5. The average Bonchev–Trinajstić information content (AvgIpc) is 2.26.